The first-order valence-electron chi connectivity index (χ1n) is 6.89. The lowest BCUT2D eigenvalue weighted by Crippen LogP contribution is -2.02. The summed E-state index contributed by atoms with van der Waals surface area (Å²) in [6.07, 6.45) is 0.987. The van der Waals surface area contributed by atoms with E-state index in [1.807, 2.05) is 36.4 Å². The predicted octanol–water partition coefficient (Wildman–Crippen LogP) is 3.61. The maximum atomic E-state index is 5.87. The van der Waals surface area contributed by atoms with E-state index in [1.165, 1.54) is 0 Å². The summed E-state index contributed by atoms with van der Waals surface area (Å²) < 4.78 is 11.1. The Morgan fingerprint density at radius 2 is 1.85 bits per heavy atom. The standard InChI is InChI=1S/C17H21NO2/c1-3-10-20-17-7-5-4-6-16(17)15-9-8-14(19-2)11-13(15)12-18/h4-9,11H,3,10,12,18H2,1-2H3. The minimum absolute atomic E-state index is 0.467. The average molecular weight is 271 g/mol. The van der Waals surface area contributed by atoms with Gasteiger partial charge in [-0.2, -0.15) is 0 Å². The molecule has 0 heterocycles. The van der Waals surface area contributed by atoms with Crippen LogP contribution in [0.1, 0.15) is 18.9 Å². The lowest BCUT2D eigenvalue weighted by atomic mass is 9.98. The summed E-state index contributed by atoms with van der Waals surface area (Å²) in [5.74, 6) is 1.72. The Kier molecular flexibility index (Phi) is 5.02. The van der Waals surface area contributed by atoms with E-state index in [2.05, 4.69) is 13.0 Å². The zero-order valence-corrected chi connectivity index (χ0v) is 12.1. The predicted molar refractivity (Wildman–Crippen MR) is 82.1 cm³/mol. The number of para-hydroxylation sites is 1. The van der Waals surface area contributed by atoms with E-state index in [9.17, 15) is 0 Å². The SMILES string of the molecule is CCCOc1ccccc1-c1ccc(OC)cc1CN. The summed E-state index contributed by atoms with van der Waals surface area (Å²) in [7, 11) is 1.66. The van der Waals surface area contributed by atoms with E-state index < -0.39 is 0 Å². The fraction of sp³-hybridized carbons (Fsp3) is 0.294. The van der Waals surface area contributed by atoms with E-state index in [1.54, 1.807) is 7.11 Å². The molecule has 0 fully saturated rings. The summed E-state index contributed by atoms with van der Waals surface area (Å²) in [6, 6.07) is 14.0. The van der Waals surface area contributed by atoms with Gasteiger partial charge in [-0.05, 0) is 35.7 Å². The van der Waals surface area contributed by atoms with E-state index in [0.29, 0.717) is 13.2 Å². The lowest BCUT2D eigenvalue weighted by Gasteiger charge is -2.14. The number of benzene rings is 2. The van der Waals surface area contributed by atoms with Crippen LogP contribution in [0.5, 0.6) is 11.5 Å². The topological polar surface area (TPSA) is 44.5 Å². The largest absolute Gasteiger partial charge is 0.497 e. The van der Waals surface area contributed by atoms with Gasteiger partial charge in [-0.3, -0.25) is 0 Å². The molecule has 0 amide bonds. The van der Waals surface area contributed by atoms with Crippen LogP contribution in [0.25, 0.3) is 11.1 Å². The third-order valence-corrected chi connectivity index (χ3v) is 3.17. The molecule has 2 N–H and O–H groups in total. The normalized spacial score (nSPS) is 10.3. The Bertz CT molecular complexity index is 567. The van der Waals surface area contributed by atoms with Crippen LogP contribution >= 0.6 is 0 Å². The molecule has 3 heteroatoms. The minimum atomic E-state index is 0.467. The molecule has 2 aromatic carbocycles. The van der Waals surface area contributed by atoms with Gasteiger partial charge in [0.1, 0.15) is 11.5 Å². The lowest BCUT2D eigenvalue weighted by molar-refractivity contribution is 0.318. The van der Waals surface area contributed by atoms with Crippen molar-refractivity contribution >= 4 is 0 Å². The summed E-state index contributed by atoms with van der Waals surface area (Å²) in [5.41, 5.74) is 9.09. The molecule has 0 unspecified atom stereocenters. The molecular formula is C17H21NO2. The highest BCUT2D eigenvalue weighted by Crippen LogP contribution is 2.34. The molecule has 3 nitrogen and oxygen atoms in total. The van der Waals surface area contributed by atoms with Crippen molar-refractivity contribution in [3.8, 4) is 22.6 Å². The first-order chi connectivity index (χ1) is 9.80. The molecule has 0 saturated carbocycles. The number of methoxy groups -OCH3 is 1. The van der Waals surface area contributed by atoms with Crippen LogP contribution in [0.2, 0.25) is 0 Å². The second-order valence-electron chi connectivity index (χ2n) is 4.57. The molecule has 2 aromatic rings. The third kappa shape index (κ3) is 3.11. The van der Waals surface area contributed by atoms with Crippen molar-refractivity contribution in [2.24, 2.45) is 5.73 Å². The molecular weight excluding hydrogens is 250 g/mol. The van der Waals surface area contributed by atoms with Crippen molar-refractivity contribution in [3.05, 3.63) is 48.0 Å². The Labute approximate surface area is 120 Å². The number of hydrogen-bond donors (Lipinski definition) is 1. The third-order valence-electron chi connectivity index (χ3n) is 3.17. The van der Waals surface area contributed by atoms with Gasteiger partial charge < -0.3 is 15.2 Å². The number of rotatable bonds is 6. The van der Waals surface area contributed by atoms with Gasteiger partial charge >= 0.3 is 0 Å². The fourth-order valence-electron chi connectivity index (χ4n) is 2.16. The molecule has 2 rings (SSSR count). The van der Waals surface area contributed by atoms with Gasteiger partial charge in [-0.15, -0.1) is 0 Å². The van der Waals surface area contributed by atoms with Gasteiger partial charge in [0.25, 0.3) is 0 Å². The minimum Gasteiger partial charge on any atom is -0.497 e. The molecule has 20 heavy (non-hydrogen) atoms. The van der Waals surface area contributed by atoms with Crippen molar-refractivity contribution in [2.45, 2.75) is 19.9 Å². The van der Waals surface area contributed by atoms with Crippen molar-refractivity contribution < 1.29 is 9.47 Å². The zero-order chi connectivity index (χ0) is 14.4. The van der Waals surface area contributed by atoms with Gasteiger partial charge in [-0.1, -0.05) is 31.2 Å². The van der Waals surface area contributed by atoms with Gasteiger partial charge in [-0.25, -0.2) is 0 Å². The van der Waals surface area contributed by atoms with Crippen molar-refractivity contribution in [1.29, 1.82) is 0 Å². The number of hydrogen-bond acceptors (Lipinski definition) is 3. The zero-order valence-electron chi connectivity index (χ0n) is 12.1. The maximum absolute atomic E-state index is 5.87. The average Bonchev–Trinajstić information content (AvgIpc) is 2.52. The van der Waals surface area contributed by atoms with Gasteiger partial charge in [0.15, 0.2) is 0 Å². The van der Waals surface area contributed by atoms with Crippen LogP contribution < -0.4 is 15.2 Å². The second kappa shape index (κ2) is 6.96. The van der Waals surface area contributed by atoms with Crippen LogP contribution in [0.15, 0.2) is 42.5 Å². The van der Waals surface area contributed by atoms with Crippen molar-refractivity contribution in [2.75, 3.05) is 13.7 Å². The van der Waals surface area contributed by atoms with Gasteiger partial charge in [0.05, 0.1) is 13.7 Å². The highest BCUT2D eigenvalue weighted by Gasteiger charge is 2.10. The molecule has 0 saturated heterocycles. The molecule has 0 atom stereocenters. The van der Waals surface area contributed by atoms with Gasteiger partial charge in [0, 0.05) is 12.1 Å². The quantitative estimate of drug-likeness (QED) is 0.873. The van der Waals surface area contributed by atoms with Crippen LogP contribution in [0.3, 0.4) is 0 Å². The maximum Gasteiger partial charge on any atom is 0.127 e. The van der Waals surface area contributed by atoms with Crippen molar-refractivity contribution in [3.63, 3.8) is 0 Å². The summed E-state index contributed by atoms with van der Waals surface area (Å²) in [4.78, 5) is 0. The number of nitrogens with two attached hydrogens (primary N) is 1. The molecule has 0 radical (unpaired) electrons. The van der Waals surface area contributed by atoms with E-state index in [4.69, 9.17) is 15.2 Å². The highest BCUT2D eigenvalue weighted by atomic mass is 16.5. The molecule has 0 aliphatic rings. The Morgan fingerprint density at radius 3 is 2.55 bits per heavy atom. The van der Waals surface area contributed by atoms with Crippen LogP contribution in [0.4, 0.5) is 0 Å². The van der Waals surface area contributed by atoms with E-state index in [0.717, 1.165) is 34.6 Å². The highest BCUT2D eigenvalue weighted by molar-refractivity contribution is 5.74. The molecule has 0 aliphatic heterocycles. The Balaban J connectivity index is 2.45. The molecule has 0 spiro atoms. The molecule has 0 aliphatic carbocycles. The summed E-state index contributed by atoms with van der Waals surface area (Å²) in [6.45, 7) is 3.28. The fourth-order valence-corrected chi connectivity index (χ4v) is 2.16. The summed E-state index contributed by atoms with van der Waals surface area (Å²) >= 11 is 0. The first-order valence-corrected chi connectivity index (χ1v) is 6.89. The molecule has 0 aromatic heterocycles. The number of ether oxygens (including phenoxy) is 2. The smallest absolute Gasteiger partial charge is 0.127 e. The van der Waals surface area contributed by atoms with Crippen LogP contribution in [-0.2, 0) is 6.54 Å². The van der Waals surface area contributed by atoms with E-state index >= 15 is 0 Å². The monoisotopic (exact) mass is 271 g/mol. The molecule has 0 bridgehead atoms. The van der Waals surface area contributed by atoms with Crippen LogP contribution in [0, 0.1) is 0 Å². The van der Waals surface area contributed by atoms with E-state index in [-0.39, 0.29) is 0 Å². The first kappa shape index (κ1) is 14.4. The molecule has 106 valence electrons. The van der Waals surface area contributed by atoms with Crippen molar-refractivity contribution in [1.82, 2.24) is 0 Å². The van der Waals surface area contributed by atoms with Gasteiger partial charge in [0.2, 0.25) is 0 Å². The Hall–Kier alpha value is -2.00. The Morgan fingerprint density at radius 1 is 1.05 bits per heavy atom. The second-order valence-corrected chi connectivity index (χ2v) is 4.57. The summed E-state index contributed by atoms with van der Waals surface area (Å²) in [5, 5.41) is 0. The van der Waals surface area contributed by atoms with Crippen LogP contribution in [-0.4, -0.2) is 13.7 Å².